The van der Waals surface area contributed by atoms with Gasteiger partial charge in [-0.2, -0.15) is 0 Å². The van der Waals surface area contributed by atoms with E-state index in [2.05, 4.69) is 4.98 Å². The molecule has 29 heavy (non-hydrogen) atoms. The fraction of sp³-hybridized carbons (Fsp3) is 0.333. The summed E-state index contributed by atoms with van der Waals surface area (Å²) in [4.78, 5) is 16.3. The fourth-order valence-electron chi connectivity index (χ4n) is 3.02. The lowest BCUT2D eigenvalue weighted by Gasteiger charge is -2.09. The molecule has 0 radical (unpaired) electrons. The van der Waals surface area contributed by atoms with Gasteiger partial charge in [-0.15, -0.1) is 0 Å². The molecule has 0 atom stereocenters. The van der Waals surface area contributed by atoms with Gasteiger partial charge in [-0.3, -0.25) is 10.0 Å². The number of ether oxygens (including phenoxy) is 2. The normalized spacial score (nSPS) is 11.2. The molecule has 0 aliphatic rings. The Kier molecular flexibility index (Phi) is 6.92. The summed E-state index contributed by atoms with van der Waals surface area (Å²) in [6, 6.07) is 7.94. The molecule has 0 aliphatic carbocycles. The summed E-state index contributed by atoms with van der Waals surface area (Å²) in [5, 5.41) is 10.7. The molecule has 1 aromatic carbocycles. The highest BCUT2D eigenvalue weighted by Crippen LogP contribution is 2.24. The monoisotopic (exact) mass is 401 g/mol. The van der Waals surface area contributed by atoms with Crippen LogP contribution in [0.5, 0.6) is 0 Å². The average Bonchev–Trinajstić information content (AvgIpc) is 3.05. The van der Waals surface area contributed by atoms with Crippen LogP contribution in [0.3, 0.4) is 0 Å². The van der Waals surface area contributed by atoms with Gasteiger partial charge < -0.3 is 14.0 Å². The second-order valence-corrected chi connectivity index (χ2v) is 6.57. The summed E-state index contributed by atoms with van der Waals surface area (Å²) in [6.45, 7) is 4.37. The molecule has 0 fully saturated rings. The molecule has 7 nitrogen and oxygen atoms in total. The summed E-state index contributed by atoms with van der Waals surface area (Å²) in [5.74, 6) is -0.881. The van der Waals surface area contributed by atoms with E-state index in [9.17, 15) is 14.4 Å². The zero-order chi connectivity index (χ0) is 20.8. The molecule has 8 heteroatoms. The SMILES string of the molecule is CCOCCOCc1cn(Cc2ccc(F)cc2)c2cnc(C(=O)N(C)O)cc12. The first kappa shape index (κ1) is 20.9. The summed E-state index contributed by atoms with van der Waals surface area (Å²) in [7, 11) is 1.26. The van der Waals surface area contributed by atoms with Crippen LogP contribution in [-0.4, -0.2) is 52.6 Å². The van der Waals surface area contributed by atoms with Crippen molar-refractivity contribution < 1.29 is 23.9 Å². The molecule has 2 heterocycles. The predicted octanol–water partition coefficient (Wildman–Crippen LogP) is 3.24. The van der Waals surface area contributed by atoms with Crippen LogP contribution in [-0.2, 0) is 22.6 Å². The van der Waals surface area contributed by atoms with Gasteiger partial charge in [0, 0.05) is 37.3 Å². The number of rotatable bonds is 9. The second kappa shape index (κ2) is 9.60. The largest absolute Gasteiger partial charge is 0.379 e. The second-order valence-electron chi connectivity index (χ2n) is 6.57. The lowest BCUT2D eigenvalue weighted by atomic mass is 10.2. The first-order chi connectivity index (χ1) is 14.0. The summed E-state index contributed by atoms with van der Waals surface area (Å²) in [5.41, 5.74) is 2.77. The Morgan fingerprint density at radius 3 is 2.66 bits per heavy atom. The van der Waals surface area contributed by atoms with Crippen LogP contribution in [0.15, 0.2) is 42.7 Å². The zero-order valence-electron chi connectivity index (χ0n) is 16.5. The highest BCUT2D eigenvalue weighted by Gasteiger charge is 2.16. The Labute approximate surface area is 168 Å². The highest BCUT2D eigenvalue weighted by molar-refractivity contribution is 5.96. The van der Waals surface area contributed by atoms with E-state index in [0.717, 1.165) is 22.0 Å². The van der Waals surface area contributed by atoms with Gasteiger partial charge >= 0.3 is 0 Å². The molecule has 0 spiro atoms. The zero-order valence-corrected chi connectivity index (χ0v) is 16.5. The summed E-state index contributed by atoms with van der Waals surface area (Å²) >= 11 is 0. The van der Waals surface area contributed by atoms with E-state index in [4.69, 9.17) is 9.47 Å². The van der Waals surface area contributed by atoms with Gasteiger partial charge in [0.05, 0.1) is 31.5 Å². The van der Waals surface area contributed by atoms with Crippen molar-refractivity contribution in [2.24, 2.45) is 0 Å². The minimum Gasteiger partial charge on any atom is -0.379 e. The number of hydroxylamine groups is 2. The number of benzene rings is 1. The van der Waals surface area contributed by atoms with Crippen molar-refractivity contribution in [1.29, 1.82) is 0 Å². The quantitative estimate of drug-likeness (QED) is 0.338. The lowest BCUT2D eigenvalue weighted by Crippen LogP contribution is -2.23. The Morgan fingerprint density at radius 1 is 1.24 bits per heavy atom. The van der Waals surface area contributed by atoms with Crippen LogP contribution < -0.4 is 0 Å². The number of pyridine rings is 1. The molecule has 3 aromatic rings. The Hall–Kier alpha value is -2.81. The molecular weight excluding hydrogens is 377 g/mol. The van der Waals surface area contributed by atoms with E-state index in [1.807, 2.05) is 17.7 Å². The minimum atomic E-state index is -0.596. The first-order valence-corrected chi connectivity index (χ1v) is 9.34. The molecule has 1 amide bonds. The molecular formula is C21H24FN3O4. The Morgan fingerprint density at radius 2 is 1.97 bits per heavy atom. The summed E-state index contributed by atoms with van der Waals surface area (Å²) in [6.07, 6.45) is 3.53. The molecule has 3 rings (SSSR count). The Balaban J connectivity index is 1.91. The average molecular weight is 401 g/mol. The van der Waals surface area contributed by atoms with Crippen molar-refractivity contribution in [1.82, 2.24) is 14.6 Å². The third kappa shape index (κ3) is 5.17. The van der Waals surface area contributed by atoms with Crippen molar-refractivity contribution in [3.8, 4) is 0 Å². The Bertz CT molecular complexity index is 970. The molecule has 0 saturated heterocycles. The third-order valence-corrected chi connectivity index (χ3v) is 4.46. The number of carbonyl (C=O) groups excluding carboxylic acids is 1. The van der Waals surface area contributed by atoms with Crippen molar-refractivity contribution in [3.05, 3.63) is 65.4 Å². The van der Waals surface area contributed by atoms with Crippen LogP contribution in [0, 0.1) is 5.82 Å². The maximum absolute atomic E-state index is 13.2. The van der Waals surface area contributed by atoms with Crippen LogP contribution in [0.2, 0.25) is 0 Å². The van der Waals surface area contributed by atoms with Crippen molar-refractivity contribution in [3.63, 3.8) is 0 Å². The van der Waals surface area contributed by atoms with Crippen molar-refractivity contribution in [2.45, 2.75) is 20.1 Å². The van der Waals surface area contributed by atoms with Crippen LogP contribution in [0.1, 0.15) is 28.5 Å². The summed E-state index contributed by atoms with van der Waals surface area (Å²) < 4.78 is 26.2. The third-order valence-electron chi connectivity index (χ3n) is 4.46. The van der Waals surface area contributed by atoms with Gasteiger partial charge in [-0.25, -0.2) is 14.4 Å². The van der Waals surface area contributed by atoms with Gasteiger partial charge in [-0.05, 0) is 30.7 Å². The number of hydrogen-bond acceptors (Lipinski definition) is 5. The number of amides is 1. The van der Waals surface area contributed by atoms with E-state index in [0.29, 0.717) is 38.0 Å². The van der Waals surface area contributed by atoms with E-state index >= 15 is 0 Å². The number of carbonyl (C=O) groups is 1. The van der Waals surface area contributed by atoms with E-state index in [-0.39, 0.29) is 11.5 Å². The smallest absolute Gasteiger partial charge is 0.295 e. The van der Waals surface area contributed by atoms with E-state index in [1.165, 1.54) is 19.2 Å². The fourth-order valence-corrected chi connectivity index (χ4v) is 3.02. The van der Waals surface area contributed by atoms with E-state index in [1.54, 1.807) is 24.4 Å². The van der Waals surface area contributed by atoms with E-state index < -0.39 is 5.91 Å². The number of fused-ring (bicyclic) bond motifs is 1. The molecule has 2 aromatic heterocycles. The van der Waals surface area contributed by atoms with Gasteiger partial charge in [-0.1, -0.05) is 12.1 Å². The minimum absolute atomic E-state index is 0.137. The molecule has 154 valence electrons. The number of hydrogen-bond donors (Lipinski definition) is 1. The van der Waals surface area contributed by atoms with Crippen LogP contribution in [0.25, 0.3) is 10.9 Å². The number of aromatic nitrogens is 2. The van der Waals surface area contributed by atoms with Crippen molar-refractivity contribution in [2.75, 3.05) is 26.9 Å². The number of nitrogens with zero attached hydrogens (tertiary/aromatic N) is 3. The molecule has 0 bridgehead atoms. The predicted molar refractivity (Wildman–Crippen MR) is 105 cm³/mol. The highest BCUT2D eigenvalue weighted by atomic mass is 19.1. The molecule has 0 unspecified atom stereocenters. The first-order valence-electron chi connectivity index (χ1n) is 9.34. The molecule has 0 saturated carbocycles. The molecule has 0 aliphatic heterocycles. The van der Waals surface area contributed by atoms with Gasteiger partial charge in [0.15, 0.2) is 0 Å². The maximum atomic E-state index is 13.2. The van der Waals surface area contributed by atoms with Gasteiger partial charge in [0.25, 0.3) is 5.91 Å². The standard InChI is InChI=1S/C21H24FN3O4/c1-3-28-8-9-29-14-16-13-25(12-15-4-6-17(22)7-5-15)20-11-23-19(10-18(16)20)21(26)24(2)27/h4-7,10-11,13,27H,3,8-9,12,14H2,1-2H3. The topological polar surface area (TPSA) is 76.8 Å². The number of halogens is 1. The maximum Gasteiger partial charge on any atom is 0.295 e. The van der Waals surface area contributed by atoms with Gasteiger partial charge in [0.1, 0.15) is 11.5 Å². The van der Waals surface area contributed by atoms with Gasteiger partial charge in [0.2, 0.25) is 0 Å². The molecule has 1 N–H and O–H groups in total. The van der Waals surface area contributed by atoms with Crippen LogP contribution in [0.4, 0.5) is 4.39 Å². The van der Waals surface area contributed by atoms with Crippen LogP contribution >= 0.6 is 0 Å². The van der Waals surface area contributed by atoms with Crippen molar-refractivity contribution >= 4 is 16.8 Å². The lowest BCUT2D eigenvalue weighted by molar-refractivity contribution is -0.0379.